The number of aromatic nitrogens is 2. The summed E-state index contributed by atoms with van der Waals surface area (Å²) in [7, 11) is 0. The number of aromatic carboxylic acids is 1. The van der Waals surface area contributed by atoms with Crippen molar-refractivity contribution in [1.29, 1.82) is 0 Å². The highest BCUT2D eigenvalue weighted by Crippen LogP contribution is 2.19. The van der Waals surface area contributed by atoms with Crippen LogP contribution in [0.25, 0.3) is 11.1 Å². The standard InChI is InChI=1S/C17H14N2O2/c20-17(21)15-8-6-14(7-9-15)16-10-18-19(12-16)11-13-4-2-1-3-5-13/h1-10,12H,11H2,(H,20,21). The molecule has 21 heavy (non-hydrogen) atoms. The highest BCUT2D eigenvalue weighted by molar-refractivity contribution is 5.88. The number of benzene rings is 2. The van der Waals surface area contributed by atoms with Crippen LogP contribution in [-0.2, 0) is 6.54 Å². The van der Waals surface area contributed by atoms with E-state index in [9.17, 15) is 4.79 Å². The Morgan fingerprint density at radius 2 is 1.71 bits per heavy atom. The van der Waals surface area contributed by atoms with E-state index in [0.29, 0.717) is 6.54 Å². The van der Waals surface area contributed by atoms with E-state index < -0.39 is 5.97 Å². The number of hydrogen-bond acceptors (Lipinski definition) is 2. The third-order valence-electron chi connectivity index (χ3n) is 3.29. The SMILES string of the molecule is O=C(O)c1ccc(-c2cnn(Cc3ccccc3)c2)cc1. The van der Waals surface area contributed by atoms with Crippen LogP contribution in [0.15, 0.2) is 67.0 Å². The summed E-state index contributed by atoms with van der Waals surface area (Å²) < 4.78 is 1.87. The summed E-state index contributed by atoms with van der Waals surface area (Å²) in [5.41, 5.74) is 3.41. The molecule has 0 unspecified atom stereocenters. The molecule has 0 aliphatic heterocycles. The summed E-state index contributed by atoms with van der Waals surface area (Å²) >= 11 is 0. The average Bonchev–Trinajstić information content (AvgIpc) is 2.97. The van der Waals surface area contributed by atoms with Crippen LogP contribution in [0.2, 0.25) is 0 Å². The zero-order valence-electron chi connectivity index (χ0n) is 11.3. The molecule has 104 valence electrons. The van der Waals surface area contributed by atoms with Gasteiger partial charge in [-0.25, -0.2) is 4.79 Å². The van der Waals surface area contributed by atoms with Gasteiger partial charge < -0.3 is 5.11 Å². The van der Waals surface area contributed by atoms with E-state index in [2.05, 4.69) is 17.2 Å². The average molecular weight is 278 g/mol. The molecule has 0 saturated carbocycles. The maximum atomic E-state index is 10.8. The van der Waals surface area contributed by atoms with E-state index in [4.69, 9.17) is 5.11 Å². The molecule has 1 N–H and O–H groups in total. The van der Waals surface area contributed by atoms with Gasteiger partial charge in [0.25, 0.3) is 0 Å². The first kappa shape index (κ1) is 13.1. The lowest BCUT2D eigenvalue weighted by Crippen LogP contribution is -1.99. The van der Waals surface area contributed by atoms with Crippen LogP contribution in [0.4, 0.5) is 0 Å². The predicted octanol–water partition coefficient (Wildman–Crippen LogP) is 3.30. The van der Waals surface area contributed by atoms with Gasteiger partial charge >= 0.3 is 5.97 Å². The van der Waals surface area contributed by atoms with Gasteiger partial charge in [0.05, 0.1) is 18.3 Å². The van der Waals surface area contributed by atoms with Gasteiger partial charge in [-0.05, 0) is 23.3 Å². The number of hydrogen-bond donors (Lipinski definition) is 1. The maximum absolute atomic E-state index is 10.8. The molecule has 0 fully saturated rings. The molecule has 0 atom stereocenters. The van der Waals surface area contributed by atoms with Gasteiger partial charge in [-0.15, -0.1) is 0 Å². The van der Waals surface area contributed by atoms with Gasteiger partial charge in [0.15, 0.2) is 0 Å². The molecule has 3 rings (SSSR count). The van der Waals surface area contributed by atoms with E-state index in [0.717, 1.165) is 11.1 Å². The molecule has 4 nitrogen and oxygen atoms in total. The lowest BCUT2D eigenvalue weighted by atomic mass is 10.1. The lowest BCUT2D eigenvalue weighted by molar-refractivity contribution is 0.0697. The van der Waals surface area contributed by atoms with Crippen LogP contribution in [0.1, 0.15) is 15.9 Å². The Balaban J connectivity index is 1.80. The molecule has 0 spiro atoms. The van der Waals surface area contributed by atoms with Crippen molar-refractivity contribution in [1.82, 2.24) is 9.78 Å². The number of nitrogens with zero attached hydrogens (tertiary/aromatic N) is 2. The highest BCUT2D eigenvalue weighted by Gasteiger charge is 2.05. The largest absolute Gasteiger partial charge is 0.478 e. The van der Waals surface area contributed by atoms with Gasteiger partial charge in [0, 0.05) is 11.8 Å². The fraction of sp³-hybridized carbons (Fsp3) is 0.0588. The minimum Gasteiger partial charge on any atom is -0.478 e. The van der Waals surface area contributed by atoms with Gasteiger partial charge in [-0.1, -0.05) is 42.5 Å². The monoisotopic (exact) mass is 278 g/mol. The Labute approximate surface area is 122 Å². The van der Waals surface area contributed by atoms with Crippen LogP contribution >= 0.6 is 0 Å². The molecule has 0 saturated heterocycles. The normalized spacial score (nSPS) is 10.5. The van der Waals surface area contributed by atoms with E-state index in [1.807, 2.05) is 29.1 Å². The summed E-state index contributed by atoms with van der Waals surface area (Å²) in [5, 5.41) is 13.2. The smallest absolute Gasteiger partial charge is 0.335 e. The quantitative estimate of drug-likeness (QED) is 0.796. The molecule has 1 aromatic heterocycles. The summed E-state index contributed by atoms with van der Waals surface area (Å²) in [6.07, 6.45) is 3.75. The minimum atomic E-state index is -0.915. The van der Waals surface area contributed by atoms with Crippen molar-refractivity contribution in [3.63, 3.8) is 0 Å². The molecule has 4 heteroatoms. The third kappa shape index (κ3) is 3.00. The second-order valence-electron chi connectivity index (χ2n) is 4.79. The Kier molecular flexibility index (Phi) is 3.51. The fourth-order valence-electron chi connectivity index (χ4n) is 2.17. The molecular weight excluding hydrogens is 264 g/mol. The molecular formula is C17H14N2O2. The molecule has 0 bridgehead atoms. The number of carboxylic acids is 1. The van der Waals surface area contributed by atoms with Gasteiger partial charge in [-0.3, -0.25) is 4.68 Å². The summed E-state index contributed by atoms with van der Waals surface area (Å²) in [6.45, 7) is 0.716. The van der Waals surface area contributed by atoms with E-state index in [-0.39, 0.29) is 5.56 Å². The molecule has 1 heterocycles. The molecule has 0 aliphatic carbocycles. The second-order valence-corrected chi connectivity index (χ2v) is 4.79. The van der Waals surface area contributed by atoms with Gasteiger partial charge in [0.2, 0.25) is 0 Å². The van der Waals surface area contributed by atoms with Crippen LogP contribution < -0.4 is 0 Å². The molecule has 2 aromatic carbocycles. The van der Waals surface area contributed by atoms with Crippen LogP contribution in [-0.4, -0.2) is 20.9 Å². The maximum Gasteiger partial charge on any atom is 0.335 e. The van der Waals surface area contributed by atoms with Crippen molar-refractivity contribution in [3.8, 4) is 11.1 Å². The number of carbonyl (C=O) groups is 1. The molecule has 0 amide bonds. The number of carboxylic acid groups (broad SMARTS) is 1. The zero-order chi connectivity index (χ0) is 14.7. The van der Waals surface area contributed by atoms with Crippen LogP contribution in [0.5, 0.6) is 0 Å². The Hall–Kier alpha value is -2.88. The molecule has 0 radical (unpaired) electrons. The Bertz CT molecular complexity index is 746. The predicted molar refractivity (Wildman–Crippen MR) is 80.2 cm³/mol. The summed E-state index contributed by atoms with van der Waals surface area (Å²) in [4.78, 5) is 10.8. The van der Waals surface area contributed by atoms with Crippen molar-refractivity contribution in [2.45, 2.75) is 6.54 Å². The van der Waals surface area contributed by atoms with Gasteiger partial charge in [-0.2, -0.15) is 5.10 Å². The first-order valence-corrected chi connectivity index (χ1v) is 6.62. The zero-order valence-corrected chi connectivity index (χ0v) is 11.3. The highest BCUT2D eigenvalue weighted by atomic mass is 16.4. The van der Waals surface area contributed by atoms with Crippen LogP contribution in [0.3, 0.4) is 0 Å². The summed E-state index contributed by atoms with van der Waals surface area (Å²) in [6, 6.07) is 16.9. The van der Waals surface area contributed by atoms with Crippen LogP contribution in [0, 0.1) is 0 Å². The molecule has 0 aliphatic rings. The second kappa shape index (κ2) is 5.63. The van der Waals surface area contributed by atoms with Crippen molar-refractivity contribution >= 4 is 5.97 Å². The van der Waals surface area contributed by atoms with E-state index in [1.54, 1.807) is 30.5 Å². The first-order valence-electron chi connectivity index (χ1n) is 6.62. The van der Waals surface area contributed by atoms with Crippen molar-refractivity contribution < 1.29 is 9.90 Å². The number of rotatable bonds is 4. The topological polar surface area (TPSA) is 55.1 Å². The van der Waals surface area contributed by atoms with Crippen molar-refractivity contribution in [3.05, 3.63) is 78.1 Å². The summed E-state index contributed by atoms with van der Waals surface area (Å²) in [5.74, 6) is -0.915. The van der Waals surface area contributed by atoms with Gasteiger partial charge in [0.1, 0.15) is 0 Å². The van der Waals surface area contributed by atoms with E-state index >= 15 is 0 Å². The fourth-order valence-corrected chi connectivity index (χ4v) is 2.17. The van der Waals surface area contributed by atoms with Crippen molar-refractivity contribution in [2.75, 3.05) is 0 Å². The Morgan fingerprint density at radius 1 is 1.00 bits per heavy atom. The van der Waals surface area contributed by atoms with E-state index in [1.165, 1.54) is 5.56 Å². The third-order valence-corrected chi connectivity index (χ3v) is 3.29. The Morgan fingerprint density at radius 3 is 2.38 bits per heavy atom. The molecule has 3 aromatic rings. The minimum absolute atomic E-state index is 0.287. The van der Waals surface area contributed by atoms with Crippen molar-refractivity contribution in [2.24, 2.45) is 0 Å². The lowest BCUT2D eigenvalue weighted by Gasteiger charge is -2.01. The first-order chi connectivity index (χ1) is 10.2.